The zero-order valence-electron chi connectivity index (χ0n) is 18.7. The van der Waals surface area contributed by atoms with E-state index in [0.717, 1.165) is 57.9 Å². The summed E-state index contributed by atoms with van der Waals surface area (Å²) >= 11 is 0. The van der Waals surface area contributed by atoms with E-state index in [1.54, 1.807) is 7.05 Å². The number of carbonyl (C=O) groups excluding carboxylic acids is 2. The van der Waals surface area contributed by atoms with Gasteiger partial charge in [-0.1, -0.05) is 24.3 Å². The normalized spacial score (nSPS) is 16.5. The molecule has 0 unspecified atom stereocenters. The predicted octanol–water partition coefficient (Wildman–Crippen LogP) is 2.74. The molecule has 8 heteroatoms. The zero-order chi connectivity index (χ0) is 21.3. The molecule has 1 fully saturated rings. The molecule has 0 saturated carbocycles. The lowest BCUT2D eigenvalue weighted by Gasteiger charge is -2.34. The lowest BCUT2D eigenvalue weighted by molar-refractivity contribution is -0.131. The van der Waals surface area contributed by atoms with Crippen molar-refractivity contribution in [1.29, 1.82) is 0 Å². The number of nitrogens with one attached hydrogen (secondary N) is 2. The molecule has 7 nitrogen and oxygen atoms in total. The van der Waals surface area contributed by atoms with Gasteiger partial charge < -0.3 is 20.4 Å². The van der Waals surface area contributed by atoms with Crippen molar-refractivity contribution in [3.05, 3.63) is 35.4 Å². The largest absolute Gasteiger partial charge is 0.359 e. The van der Waals surface area contributed by atoms with Gasteiger partial charge in [-0.3, -0.25) is 14.6 Å². The van der Waals surface area contributed by atoms with Crippen molar-refractivity contribution in [3.8, 4) is 0 Å². The molecular weight excluding hydrogens is 505 g/mol. The SMILES string of the molecule is CCNC(=NCCCC(=O)N1Cc2ccccc2C1)N1CCC(CC(=O)NC)CC1.I. The van der Waals surface area contributed by atoms with Gasteiger partial charge in [0.2, 0.25) is 11.8 Å². The first-order chi connectivity index (χ1) is 14.6. The molecule has 3 rings (SSSR count). The van der Waals surface area contributed by atoms with E-state index < -0.39 is 0 Å². The van der Waals surface area contributed by atoms with Crippen molar-refractivity contribution in [2.75, 3.05) is 33.2 Å². The summed E-state index contributed by atoms with van der Waals surface area (Å²) in [5.41, 5.74) is 2.52. The Bertz CT molecular complexity index is 737. The van der Waals surface area contributed by atoms with Gasteiger partial charge in [-0.15, -0.1) is 24.0 Å². The lowest BCUT2D eigenvalue weighted by Crippen LogP contribution is -2.46. The molecule has 0 bridgehead atoms. The second kappa shape index (κ2) is 12.9. The predicted molar refractivity (Wildman–Crippen MR) is 134 cm³/mol. The molecule has 2 amide bonds. The molecule has 2 aliphatic rings. The van der Waals surface area contributed by atoms with E-state index >= 15 is 0 Å². The van der Waals surface area contributed by atoms with E-state index in [1.807, 2.05) is 17.0 Å². The van der Waals surface area contributed by atoms with E-state index in [-0.39, 0.29) is 35.8 Å². The average molecular weight is 541 g/mol. The van der Waals surface area contributed by atoms with Crippen LogP contribution in [-0.2, 0) is 22.7 Å². The Morgan fingerprint density at radius 2 is 1.74 bits per heavy atom. The summed E-state index contributed by atoms with van der Waals surface area (Å²) in [5, 5.41) is 6.09. The van der Waals surface area contributed by atoms with Gasteiger partial charge in [0.05, 0.1) is 0 Å². The molecule has 31 heavy (non-hydrogen) atoms. The number of benzene rings is 1. The van der Waals surface area contributed by atoms with Crippen molar-refractivity contribution >= 4 is 41.8 Å². The second-order valence-electron chi connectivity index (χ2n) is 8.17. The van der Waals surface area contributed by atoms with Crippen molar-refractivity contribution in [3.63, 3.8) is 0 Å². The van der Waals surface area contributed by atoms with E-state index in [1.165, 1.54) is 11.1 Å². The van der Waals surface area contributed by atoms with Crippen LogP contribution < -0.4 is 10.6 Å². The molecule has 2 heterocycles. The summed E-state index contributed by atoms with van der Waals surface area (Å²) in [7, 11) is 1.70. The third kappa shape index (κ3) is 7.36. The number of hydrogen-bond acceptors (Lipinski definition) is 3. The van der Waals surface area contributed by atoms with Crippen LogP contribution in [0.15, 0.2) is 29.3 Å². The second-order valence-corrected chi connectivity index (χ2v) is 8.17. The van der Waals surface area contributed by atoms with E-state index in [4.69, 9.17) is 4.99 Å². The number of nitrogens with zero attached hydrogens (tertiary/aromatic N) is 3. The molecule has 1 aromatic carbocycles. The first-order valence-corrected chi connectivity index (χ1v) is 11.2. The summed E-state index contributed by atoms with van der Waals surface area (Å²) in [6.45, 7) is 6.83. The average Bonchev–Trinajstić information content (AvgIpc) is 3.21. The molecule has 2 N–H and O–H groups in total. The number of piperidine rings is 1. The van der Waals surface area contributed by atoms with Crippen LogP contribution in [0.2, 0.25) is 0 Å². The van der Waals surface area contributed by atoms with Crippen LogP contribution in [0.1, 0.15) is 50.2 Å². The van der Waals surface area contributed by atoms with E-state index in [0.29, 0.717) is 25.3 Å². The Balaban J connectivity index is 0.00000341. The Labute approximate surface area is 203 Å². The van der Waals surface area contributed by atoms with Crippen molar-refractivity contribution in [2.45, 2.75) is 52.1 Å². The van der Waals surface area contributed by atoms with Gasteiger partial charge in [0, 0.05) is 59.2 Å². The number of hydrogen-bond donors (Lipinski definition) is 2. The number of rotatable bonds is 7. The Kier molecular flexibility index (Phi) is 10.6. The van der Waals surface area contributed by atoms with Gasteiger partial charge >= 0.3 is 0 Å². The highest BCUT2D eigenvalue weighted by Gasteiger charge is 2.24. The minimum absolute atomic E-state index is 0. The molecular formula is C23H36IN5O2. The van der Waals surface area contributed by atoms with Crippen LogP contribution in [0.25, 0.3) is 0 Å². The number of guanidine groups is 1. The summed E-state index contributed by atoms with van der Waals surface area (Å²) in [5.74, 6) is 1.71. The maximum atomic E-state index is 12.6. The highest BCUT2D eigenvalue weighted by molar-refractivity contribution is 14.0. The van der Waals surface area contributed by atoms with Crippen LogP contribution >= 0.6 is 24.0 Å². The van der Waals surface area contributed by atoms with Crippen LogP contribution in [0.3, 0.4) is 0 Å². The fourth-order valence-corrected chi connectivity index (χ4v) is 4.22. The van der Waals surface area contributed by atoms with Gasteiger partial charge in [0.15, 0.2) is 5.96 Å². The molecule has 0 aliphatic carbocycles. The number of amides is 2. The van der Waals surface area contributed by atoms with E-state index in [2.05, 4.69) is 34.6 Å². The fraction of sp³-hybridized carbons (Fsp3) is 0.609. The standard InChI is InChI=1S/C23H35N5O2.HI/c1-3-25-23(27-13-10-18(11-14-27)15-21(29)24-2)26-12-6-9-22(30)28-16-19-7-4-5-8-20(19)17-28;/h4-5,7-8,18H,3,6,9-17H2,1-2H3,(H,24,29)(H,25,26);1H. The molecule has 1 saturated heterocycles. The lowest BCUT2D eigenvalue weighted by atomic mass is 9.93. The molecule has 1 aromatic rings. The van der Waals surface area contributed by atoms with E-state index in [9.17, 15) is 9.59 Å². The maximum Gasteiger partial charge on any atom is 0.223 e. The third-order valence-corrected chi connectivity index (χ3v) is 6.01. The van der Waals surface area contributed by atoms with Gasteiger partial charge in [0.25, 0.3) is 0 Å². The minimum atomic E-state index is 0. The smallest absolute Gasteiger partial charge is 0.223 e. The molecule has 0 atom stereocenters. The van der Waals surface area contributed by atoms with Gasteiger partial charge in [-0.25, -0.2) is 0 Å². The van der Waals surface area contributed by atoms with Crippen LogP contribution in [0.4, 0.5) is 0 Å². The van der Waals surface area contributed by atoms with Gasteiger partial charge in [0.1, 0.15) is 0 Å². The number of carbonyl (C=O) groups is 2. The molecule has 0 aromatic heterocycles. The molecule has 0 radical (unpaired) electrons. The van der Waals surface area contributed by atoms with Crippen molar-refractivity contribution in [1.82, 2.24) is 20.4 Å². The summed E-state index contributed by atoms with van der Waals surface area (Å²) < 4.78 is 0. The third-order valence-electron chi connectivity index (χ3n) is 6.01. The summed E-state index contributed by atoms with van der Waals surface area (Å²) in [6.07, 6.45) is 3.91. The topological polar surface area (TPSA) is 77.0 Å². The summed E-state index contributed by atoms with van der Waals surface area (Å²) in [4.78, 5) is 33.1. The van der Waals surface area contributed by atoms with Crippen LogP contribution in [0, 0.1) is 5.92 Å². The first-order valence-electron chi connectivity index (χ1n) is 11.2. The molecule has 2 aliphatic heterocycles. The molecule has 172 valence electrons. The van der Waals surface area contributed by atoms with Gasteiger partial charge in [-0.05, 0) is 43.2 Å². The number of halogens is 1. The van der Waals surface area contributed by atoms with Crippen molar-refractivity contribution < 1.29 is 9.59 Å². The van der Waals surface area contributed by atoms with Gasteiger partial charge in [-0.2, -0.15) is 0 Å². The highest BCUT2D eigenvalue weighted by Crippen LogP contribution is 2.23. The minimum Gasteiger partial charge on any atom is -0.359 e. The maximum absolute atomic E-state index is 12.6. The zero-order valence-corrected chi connectivity index (χ0v) is 21.1. The number of likely N-dealkylation sites (tertiary alicyclic amines) is 1. The molecule has 0 spiro atoms. The number of fused-ring (bicyclic) bond motifs is 1. The fourth-order valence-electron chi connectivity index (χ4n) is 4.22. The van der Waals surface area contributed by atoms with Crippen LogP contribution in [-0.4, -0.2) is 60.8 Å². The summed E-state index contributed by atoms with van der Waals surface area (Å²) in [6, 6.07) is 8.27. The Morgan fingerprint density at radius 1 is 1.10 bits per heavy atom. The number of aliphatic imine (C=N–C) groups is 1. The first kappa shape index (κ1) is 25.4. The van der Waals surface area contributed by atoms with Crippen molar-refractivity contribution in [2.24, 2.45) is 10.9 Å². The highest BCUT2D eigenvalue weighted by atomic mass is 127. The Morgan fingerprint density at radius 3 is 2.32 bits per heavy atom. The Hall–Kier alpha value is -1.84. The monoisotopic (exact) mass is 541 g/mol. The van der Waals surface area contributed by atoms with Crippen LogP contribution in [0.5, 0.6) is 0 Å². The quantitative estimate of drug-likeness (QED) is 0.241.